The van der Waals surface area contributed by atoms with Crippen molar-refractivity contribution < 1.29 is 23.9 Å². The first kappa shape index (κ1) is 27.0. The Kier molecular flexibility index (Phi) is 6.13. The molecular formula is C34H49NO5. The fourth-order valence-electron chi connectivity index (χ4n) is 11.5. The second kappa shape index (κ2) is 9.07. The zero-order valence-electron chi connectivity index (χ0n) is 25.2. The number of piperidine rings is 1. The summed E-state index contributed by atoms with van der Waals surface area (Å²) in [5.41, 5.74) is -0.0799. The van der Waals surface area contributed by atoms with Gasteiger partial charge in [0.05, 0.1) is 5.92 Å². The third-order valence-electron chi connectivity index (χ3n) is 13.0. The van der Waals surface area contributed by atoms with Crippen LogP contribution in [-0.4, -0.2) is 41.0 Å². The van der Waals surface area contributed by atoms with Crippen molar-refractivity contribution in [3.05, 3.63) is 11.8 Å². The fraction of sp³-hybridized carbons (Fsp3) is 0.853. The van der Waals surface area contributed by atoms with Gasteiger partial charge in [-0.25, -0.2) is 4.79 Å². The number of carbonyl (C=O) groups is 3. The van der Waals surface area contributed by atoms with Crippen molar-refractivity contribution in [3.8, 4) is 0 Å². The lowest BCUT2D eigenvalue weighted by Gasteiger charge is -2.60. The number of hydrogen-bond donors (Lipinski definition) is 0. The van der Waals surface area contributed by atoms with Crippen LogP contribution in [0.15, 0.2) is 11.8 Å². The molecule has 1 heterocycles. The van der Waals surface area contributed by atoms with Crippen molar-refractivity contribution >= 4 is 17.8 Å². The molecule has 1 aliphatic heterocycles. The molecule has 4 bridgehead atoms. The molecule has 6 saturated carbocycles. The molecule has 0 spiro atoms. The van der Waals surface area contributed by atoms with Gasteiger partial charge >= 0.3 is 12.1 Å². The molecule has 8 rings (SSSR count). The van der Waals surface area contributed by atoms with Gasteiger partial charge < -0.3 is 9.47 Å². The van der Waals surface area contributed by atoms with E-state index in [2.05, 4.69) is 13.8 Å². The molecule has 7 fully saturated rings. The number of fused-ring (bicyclic) bond motifs is 5. The normalized spacial score (nSPS) is 47.2. The second-order valence-corrected chi connectivity index (χ2v) is 16.4. The Hall–Kier alpha value is -1.85. The van der Waals surface area contributed by atoms with Crippen LogP contribution >= 0.6 is 0 Å². The van der Waals surface area contributed by atoms with E-state index in [9.17, 15) is 14.4 Å². The summed E-state index contributed by atoms with van der Waals surface area (Å²) >= 11 is 0. The number of esters is 1. The minimum atomic E-state index is -0.606. The van der Waals surface area contributed by atoms with Crippen molar-refractivity contribution in [2.75, 3.05) is 6.54 Å². The highest BCUT2D eigenvalue weighted by atomic mass is 16.6. The quantitative estimate of drug-likeness (QED) is 0.349. The van der Waals surface area contributed by atoms with Crippen LogP contribution in [0.3, 0.4) is 0 Å². The molecule has 220 valence electrons. The van der Waals surface area contributed by atoms with E-state index in [1.165, 1.54) is 32.1 Å². The molecule has 0 aromatic carbocycles. The van der Waals surface area contributed by atoms with Crippen molar-refractivity contribution in [1.29, 1.82) is 0 Å². The molecule has 0 unspecified atom stereocenters. The summed E-state index contributed by atoms with van der Waals surface area (Å²) in [5.74, 6) is 4.09. The van der Waals surface area contributed by atoms with E-state index >= 15 is 0 Å². The van der Waals surface area contributed by atoms with E-state index in [1.807, 2.05) is 20.8 Å². The lowest BCUT2D eigenvalue weighted by atomic mass is 9.49. The number of likely N-dealkylation sites (tertiary alicyclic amines) is 1. The Morgan fingerprint density at radius 3 is 2.25 bits per heavy atom. The minimum Gasteiger partial charge on any atom is -0.462 e. The van der Waals surface area contributed by atoms with Crippen molar-refractivity contribution in [3.63, 3.8) is 0 Å². The van der Waals surface area contributed by atoms with E-state index in [0.29, 0.717) is 42.6 Å². The van der Waals surface area contributed by atoms with Crippen LogP contribution in [0.25, 0.3) is 0 Å². The molecule has 6 heteroatoms. The van der Waals surface area contributed by atoms with Crippen LogP contribution in [0.2, 0.25) is 0 Å². The molecule has 1 saturated heterocycles. The highest BCUT2D eigenvalue weighted by Crippen LogP contribution is 2.66. The molecule has 0 radical (unpaired) electrons. The smallest absolute Gasteiger partial charge is 0.414 e. The zero-order valence-corrected chi connectivity index (χ0v) is 25.2. The predicted octanol–water partition coefficient (Wildman–Crippen LogP) is 6.92. The third-order valence-corrected chi connectivity index (χ3v) is 13.0. The van der Waals surface area contributed by atoms with Gasteiger partial charge in [0.2, 0.25) is 0 Å². The maximum atomic E-state index is 14.0. The predicted molar refractivity (Wildman–Crippen MR) is 151 cm³/mol. The Bertz CT molecular complexity index is 1110. The van der Waals surface area contributed by atoms with Gasteiger partial charge in [0.15, 0.2) is 5.78 Å². The Balaban J connectivity index is 1.13. The largest absolute Gasteiger partial charge is 0.462 e. The van der Waals surface area contributed by atoms with Gasteiger partial charge in [-0.15, -0.1) is 0 Å². The number of nitrogens with zero attached hydrogens (tertiary/aromatic N) is 1. The molecule has 1 amide bonds. The summed E-state index contributed by atoms with van der Waals surface area (Å²) < 4.78 is 12.4. The highest BCUT2D eigenvalue weighted by molar-refractivity contribution is 5.92. The van der Waals surface area contributed by atoms with E-state index < -0.39 is 5.60 Å². The third kappa shape index (κ3) is 4.12. The molecule has 7 aliphatic carbocycles. The Morgan fingerprint density at radius 2 is 1.60 bits per heavy atom. The van der Waals surface area contributed by atoms with Crippen LogP contribution < -0.4 is 0 Å². The number of rotatable bonds is 2. The van der Waals surface area contributed by atoms with Crippen LogP contribution in [0.1, 0.15) is 105 Å². The zero-order chi connectivity index (χ0) is 28.2. The minimum absolute atomic E-state index is 0.0525. The lowest BCUT2D eigenvalue weighted by Crippen LogP contribution is -2.59. The van der Waals surface area contributed by atoms with Gasteiger partial charge in [-0.1, -0.05) is 13.8 Å². The summed E-state index contributed by atoms with van der Waals surface area (Å²) in [7, 11) is 0. The summed E-state index contributed by atoms with van der Waals surface area (Å²) in [6.45, 7) is 10.9. The first-order chi connectivity index (χ1) is 18.9. The molecule has 6 nitrogen and oxygen atoms in total. The van der Waals surface area contributed by atoms with Crippen LogP contribution in [0.4, 0.5) is 4.79 Å². The van der Waals surface area contributed by atoms with Crippen LogP contribution in [-0.2, 0) is 19.1 Å². The van der Waals surface area contributed by atoms with E-state index in [0.717, 1.165) is 49.6 Å². The summed E-state index contributed by atoms with van der Waals surface area (Å²) in [4.78, 5) is 41.9. The molecule has 8 aliphatic rings. The highest BCUT2D eigenvalue weighted by Gasteiger charge is 2.63. The van der Waals surface area contributed by atoms with Gasteiger partial charge in [0, 0.05) is 30.2 Å². The molecule has 0 N–H and O–H groups in total. The maximum absolute atomic E-state index is 14.0. The maximum Gasteiger partial charge on any atom is 0.414 e. The number of allylic oxidation sites excluding steroid dienone is 2. The summed E-state index contributed by atoms with van der Waals surface area (Å²) in [6, 6.07) is 0. The van der Waals surface area contributed by atoms with Crippen molar-refractivity contribution in [2.45, 2.75) is 117 Å². The number of ether oxygens (including phenoxy) is 2. The number of hydrogen-bond acceptors (Lipinski definition) is 5. The van der Waals surface area contributed by atoms with Gasteiger partial charge in [-0.2, -0.15) is 0 Å². The topological polar surface area (TPSA) is 72.9 Å². The average molecular weight is 552 g/mol. The summed E-state index contributed by atoms with van der Waals surface area (Å²) in [5, 5.41) is 0. The number of carbonyl (C=O) groups excluding carboxylic acids is 3. The Labute approximate surface area is 240 Å². The van der Waals surface area contributed by atoms with Gasteiger partial charge in [0.1, 0.15) is 11.7 Å². The summed E-state index contributed by atoms with van der Waals surface area (Å²) in [6.07, 6.45) is 13.2. The number of amides is 1. The Morgan fingerprint density at radius 1 is 0.925 bits per heavy atom. The van der Waals surface area contributed by atoms with E-state index in [4.69, 9.17) is 9.47 Å². The van der Waals surface area contributed by atoms with Gasteiger partial charge in [-0.3, -0.25) is 14.5 Å². The number of ketones is 1. The van der Waals surface area contributed by atoms with E-state index in [1.54, 1.807) is 11.0 Å². The second-order valence-electron chi connectivity index (χ2n) is 16.4. The van der Waals surface area contributed by atoms with E-state index in [-0.39, 0.29) is 40.7 Å². The lowest BCUT2D eigenvalue weighted by molar-refractivity contribution is -0.181. The molecular weight excluding hydrogens is 502 g/mol. The van der Waals surface area contributed by atoms with Gasteiger partial charge in [-0.05, 0) is 132 Å². The SMILES string of the molecule is CC(C)(C)OC(=O)N1C[C@H]2[C@@H]3CC[C@H](C(=O)OC4C5CC6CC(C5)CC4C6)[C@@]3(C)CC[C@@H]2[C@@]2(C)CCC(=O)C=C12. The standard InChI is InChI=1S/C34H49NO5/c1-32(2,3)40-31(38)35-18-24-25-6-7-27(30(37)39-29-21-13-19-12-20(15-21)16-22(29)14-19)33(25,4)11-9-26(24)34(5)10-8-23(36)17-28(34)35/h17,19-22,24-27,29H,6-16,18H2,1-5H3/t19?,20?,21?,22?,24-,25-,26-,27+,29?,33-,34+/m0/s1. The first-order valence-corrected chi connectivity index (χ1v) is 16.3. The molecule has 0 aromatic rings. The van der Waals surface area contributed by atoms with Gasteiger partial charge in [0.25, 0.3) is 0 Å². The molecule has 40 heavy (non-hydrogen) atoms. The average Bonchev–Trinajstić information content (AvgIpc) is 3.22. The first-order valence-electron chi connectivity index (χ1n) is 16.3. The molecule has 0 aromatic heterocycles. The van der Waals surface area contributed by atoms with Crippen molar-refractivity contribution in [1.82, 2.24) is 4.90 Å². The van der Waals surface area contributed by atoms with Crippen LogP contribution in [0.5, 0.6) is 0 Å². The molecule has 6 atom stereocenters. The fourth-order valence-corrected chi connectivity index (χ4v) is 11.5. The van der Waals surface area contributed by atoms with Crippen LogP contribution in [0, 0.1) is 58.2 Å². The monoisotopic (exact) mass is 551 g/mol. The van der Waals surface area contributed by atoms with Crippen molar-refractivity contribution in [2.24, 2.45) is 58.2 Å².